The third-order valence-corrected chi connectivity index (χ3v) is 5.13. The lowest BCUT2D eigenvalue weighted by Gasteiger charge is -2.29. The number of halogens is 1. The first-order valence-corrected chi connectivity index (χ1v) is 8.56. The fourth-order valence-corrected chi connectivity index (χ4v) is 3.90. The van der Waals surface area contributed by atoms with Crippen LogP contribution in [-0.4, -0.2) is 29.6 Å². The largest absolute Gasteiger partial charge is 0.352 e. The second-order valence-corrected chi connectivity index (χ2v) is 6.67. The number of hydrogen-bond donors (Lipinski definition) is 2. The van der Waals surface area contributed by atoms with Gasteiger partial charge in [0.15, 0.2) is 0 Å². The molecular weight excluding hydrogens is 280 g/mol. The number of carbonyl (C=O) groups excluding carboxylic acids is 1. The van der Waals surface area contributed by atoms with Crippen LogP contribution < -0.4 is 10.6 Å². The molecule has 112 valence electrons. The minimum absolute atomic E-state index is 0. The molecule has 0 radical (unpaired) electrons. The molecule has 0 bridgehead atoms. The molecule has 1 heterocycles. The minimum Gasteiger partial charge on any atom is -0.352 e. The Morgan fingerprint density at radius 3 is 2.63 bits per heavy atom. The molecule has 0 aromatic rings. The maximum absolute atomic E-state index is 12.0. The van der Waals surface area contributed by atoms with Gasteiger partial charge in [0, 0.05) is 17.7 Å². The summed E-state index contributed by atoms with van der Waals surface area (Å²) in [4.78, 5) is 12.0. The van der Waals surface area contributed by atoms with Gasteiger partial charge in [0.2, 0.25) is 5.91 Å². The van der Waals surface area contributed by atoms with E-state index in [1.54, 1.807) is 0 Å². The first kappa shape index (κ1) is 17.1. The van der Waals surface area contributed by atoms with Gasteiger partial charge in [0.25, 0.3) is 0 Å². The van der Waals surface area contributed by atoms with Crippen LogP contribution in [0.15, 0.2) is 0 Å². The third kappa shape index (κ3) is 5.52. The van der Waals surface area contributed by atoms with Crippen LogP contribution in [-0.2, 0) is 4.79 Å². The molecule has 0 aromatic carbocycles. The smallest absolute Gasteiger partial charge is 0.238 e. The average Bonchev–Trinajstić information content (AvgIpc) is 2.92. The summed E-state index contributed by atoms with van der Waals surface area (Å²) in [6, 6.07) is 0.482. The van der Waals surface area contributed by atoms with Gasteiger partial charge in [-0.1, -0.05) is 26.2 Å². The van der Waals surface area contributed by atoms with Crippen molar-refractivity contribution in [3.05, 3.63) is 0 Å². The quantitative estimate of drug-likeness (QED) is 0.820. The van der Waals surface area contributed by atoms with Gasteiger partial charge in [0.05, 0.1) is 6.04 Å². The predicted octanol–water partition coefficient (Wildman–Crippen LogP) is 2.94. The number of unbranched alkanes of at least 4 members (excludes halogenated alkanes) is 1. The topological polar surface area (TPSA) is 41.1 Å². The van der Waals surface area contributed by atoms with Crippen molar-refractivity contribution in [3.63, 3.8) is 0 Å². The van der Waals surface area contributed by atoms with Gasteiger partial charge >= 0.3 is 0 Å². The van der Waals surface area contributed by atoms with Crippen LogP contribution in [0, 0.1) is 5.92 Å². The molecule has 1 unspecified atom stereocenters. The van der Waals surface area contributed by atoms with Gasteiger partial charge < -0.3 is 5.32 Å². The molecule has 0 aromatic heterocycles. The lowest BCUT2D eigenvalue weighted by molar-refractivity contribution is -0.123. The van der Waals surface area contributed by atoms with E-state index in [0.717, 1.165) is 17.5 Å². The highest BCUT2D eigenvalue weighted by Crippen LogP contribution is 2.28. The molecule has 1 atom stereocenters. The maximum atomic E-state index is 12.0. The van der Waals surface area contributed by atoms with E-state index in [9.17, 15) is 4.79 Å². The highest BCUT2D eigenvalue weighted by Gasteiger charge is 2.27. The van der Waals surface area contributed by atoms with Gasteiger partial charge in [-0.3, -0.25) is 10.1 Å². The summed E-state index contributed by atoms with van der Waals surface area (Å²) in [7, 11) is 0. The summed E-state index contributed by atoms with van der Waals surface area (Å²) < 4.78 is 0. The van der Waals surface area contributed by atoms with Crippen LogP contribution in [0.1, 0.15) is 51.9 Å². The first-order chi connectivity index (χ1) is 8.79. The van der Waals surface area contributed by atoms with Crippen molar-refractivity contribution in [2.75, 3.05) is 11.6 Å². The minimum atomic E-state index is 0. The summed E-state index contributed by atoms with van der Waals surface area (Å²) in [5, 5.41) is 6.46. The zero-order valence-corrected chi connectivity index (χ0v) is 13.5. The molecule has 1 amide bonds. The third-order valence-electron chi connectivity index (χ3n) is 4.19. The van der Waals surface area contributed by atoms with Crippen molar-refractivity contribution in [1.29, 1.82) is 0 Å². The average molecular weight is 307 g/mol. The Balaban J connectivity index is 0.00000180. The Labute approximate surface area is 127 Å². The molecule has 2 fully saturated rings. The Hall–Kier alpha value is 0.0700. The lowest BCUT2D eigenvalue weighted by Crippen LogP contribution is -2.47. The number of hydrogen-bond acceptors (Lipinski definition) is 3. The van der Waals surface area contributed by atoms with Crippen molar-refractivity contribution in [2.24, 2.45) is 5.92 Å². The summed E-state index contributed by atoms with van der Waals surface area (Å²) in [6.45, 7) is 2.26. The fraction of sp³-hybridized carbons (Fsp3) is 0.929. The Kier molecular flexibility index (Phi) is 8.19. The van der Waals surface area contributed by atoms with Crippen molar-refractivity contribution in [3.8, 4) is 0 Å². The van der Waals surface area contributed by atoms with Crippen molar-refractivity contribution >= 4 is 30.1 Å². The van der Waals surface area contributed by atoms with Gasteiger partial charge in [-0.2, -0.15) is 0 Å². The molecule has 2 aliphatic rings. The summed E-state index contributed by atoms with van der Waals surface area (Å²) in [6.07, 6.45) is 9.03. The fourth-order valence-electron chi connectivity index (χ4n) is 2.95. The molecule has 1 aliphatic heterocycles. The van der Waals surface area contributed by atoms with E-state index in [0.29, 0.717) is 6.04 Å². The number of thioether (sulfide) groups is 1. The highest BCUT2D eigenvalue weighted by atomic mass is 35.5. The molecule has 2 rings (SSSR count). The predicted molar refractivity (Wildman–Crippen MR) is 84.9 cm³/mol. The van der Waals surface area contributed by atoms with Crippen LogP contribution in [0.4, 0.5) is 0 Å². The van der Waals surface area contributed by atoms with E-state index < -0.39 is 0 Å². The molecule has 19 heavy (non-hydrogen) atoms. The SMILES string of the molecule is CCCCC1CCC(NC(=O)C2CSCN2)CC1.Cl. The summed E-state index contributed by atoms with van der Waals surface area (Å²) in [5.41, 5.74) is 0. The van der Waals surface area contributed by atoms with Gasteiger partial charge in [-0.15, -0.1) is 24.2 Å². The van der Waals surface area contributed by atoms with E-state index in [1.165, 1.54) is 44.9 Å². The van der Waals surface area contributed by atoms with E-state index in [1.807, 2.05) is 11.8 Å². The second-order valence-electron chi connectivity index (χ2n) is 5.64. The van der Waals surface area contributed by atoms with Crippen molar-refractivity contribution in [2.45, 2.75) is 64.0 Å². The van der Waals surface area contributed by atoms with E-state index in [-0.39, 0.29) is 24.4 Å². The van der Waals surface area contributed by atoms with E-state index >= 15 is 0 Å². The molecular formula is C14H27ClN2OS. The molecule has 1 saturated carbocycles. The van der Waals surface area contributed by atoms with Gasteiger partial charge in [-0.05, 0) is 31.6 Å². The van der Waals surface area contributed by atoms with Gasteiger partial charge in [-0.25, -0.2) is 0 Å². The first-order valence-electron chi connectivity index (χ1n) is 7.41. The molecule has 1 aliphatic carbocycles. The second kappa shape index (κ2) is 9.09. The zero-order chi connectivity index (χ0) is 12.8. The molecule has 3 nitrogen and oxygen atoms in total. The maximum Gasteiger partial charge on any atom is 0.238 e. The van der Waals surface area contributed by atoms with Crippen LogP contribution >= 0.6 is 24.2 Å². The molecule has 2 N–H and O–H groups in total. The Bertz CT molecular complexity index is 264. The van der Waals surface area contributed by atoms with E-state index in [4.69, 9.17) is 0 Å². The molecule has 0 spiro atoms. The zero-order valence-electron chi connectivity index (χ0n) is 11.8. The van der Waals surface area contributed by atoms with Crippen LogP contribution in [0.5, 0.6) is 0 Å². The summed E-state index contributed by atoms with van der Waals surface area (Å²) >= 11 is 1.81. The number of nitrogens with one attached hydrogen (secondary N) is 2. The lowest BCUT2D eigenvalue weighted by atomic mass is 9.83. The number of carbonyl (C=O) groups is 1. The van der Waals surface area contributed by atoms with Crippen molar-refractivity contribution in [1.82, 2.24) is 10.6 Å². The van der Waals surface area contributed by atoms with Crippen LogP contribution in [0.25, 0.3) is 0 Å². The molecule has 1 saturated heterocycles. The van der Waals surface area contributed by atoms with E-state index in [2.05, 4.69) is 17.6 Å². The summed E-state index contributed by atoms with van der Waals surface area (Å²) in [5.74, 6) is 2.98. The Morgan fingerprint density at radius 2 is 2.05 bits per heavy atom. The van der Waals surface area contributed by atoms with Crippen molar-refractivity contribution < 1.29 is 4.79 Å². The van der Waals surface area contributed by atoms with Gasteiger partial charge in [0.1, 0.15) is 0 Å². The number of rotatable bonds is 5. The Morgan fingerprint density at radius 1 is 1.32 bits per heavy atom. The van der Waals surface area contributed by atoms with Crippen LogP contribution in [0.2, 0.25) is 0 Å². The standard InChI is InChI=1S/C14H26N2OS.ClH/c1-2-3-4-11-5-7-12(8-6-11)16-14(17)13-9-18-10-15-13;/h11-13,15H,2-10H2,1H3,(H,16,17);1H. The molecule has 5 heteroatoms. The van der Waals surface area contributed by atoms with Crippen LogP contribution in [0.3, 0.4) is 0 Å². The normalized spacial score (nSPS) is 30.7. The monoisotopic (exact) mass is 306 g/mol. The highest BCUT2D eigenvalue weighted by molar-refractivity contribution is 7.99. The number of amides is 1.